The lowest BCUT2D eigenvalue weighted by molar-refractivity contribution is -0.137. The molecule has 0 N–H and O–H groups in total. The molecule has 19 heavy (non-hydrogen) atoms. The molecule has 2 aromatic rings. The van der Waals surface area contributed by atoms with Gasteiger partial charge in [-0.1, -0.05) is 11.6 Å². The average Bonchev–Trinajstić information content (AvgIpc) is 2.75. The molecule has 0 aliphatic carbocycles. The Morgan fingerprint density at radius 1 is 1.26 bits per heavy atom. The standard InChI is InChI=1S/C10H7Cl2F3N4/c1-5(11)9-16-17-18-19(9)8-3-6(10(13,14)15)2-7(12)4-8/h2-5H,1H3. The average molecular weight is 311 g/mol. The Hall–Kier alpha value is -1.34. The fourth-order valence-corrected chi connectivity index (χ4v) is 1.85. The van der Waals surface area contributed by atoms with Crippen LogP contribution >= 0.6 is 23.2 Å². The van der Waals surface area contributed by atoms with E-state index in [0.717, 1.165) is 16.8 Å². The van der Waals surface area contributed by atoms with Crippen LogP contribution in [0.25, 0.3) is 5.69 Å². The van der Waals surface area contributed by atoms with Crippen LogP contribution in [-0.2, 0) is 6.18 Å². The van der Waals surface area contributed by atoms with E-state index in [1.165, 1.54) is 6.07 Å². The fourth-order valence-electron chi connectivity index (χ4n) is 1.49. The number of tetrazole rings is 1. The summed E-state index contributed by atoms with van der Waals surface area (Å²) in [6.07, 6.45) is -4.50. The van der Waals surface area contributed by atoms with Crippen molar-refractivity contribution >= 4 is 23.2 Å². The number of alkyl halides is 4. The van der Waals surface area contributed by atoms with Crippen molar-refractivity contribution in [2.75, 3.05) is 0 Å². The molecule has 102 valence electrons. The summed E-state index contributed by atoms with van der Waals surface area (Å²) in [5, 5.41) is 10.1. The quantitative estimate of drug-likeness (QED) is 0.795. The maximum Gasteiger partial charge on any atom is 0.416 e. The van der Waals surface area contributed by atoms with Gasteiger partial charge in [0.1, 0.15) is 0 Å². The summed E-state index contributed by atoms with van der Waals surface area (Å²) in [5.41, 5.74) is -0.772. The number of halogens is 5. The molecule has 0 spiro atoms. The molecule has 1 aromatic carbocycles. The first-order valence-electron chi connectivity index (χ1n) is 5.09. The number of nitrogens with zero attached hydrogens (tertiary/aromatic N) is 4. The van der Waals surface area contributed by atoms with E-state index >= 15 is 0 Å². The third-order valence-corrected chi connectivity index (χ3v) is 2.72. The van der Waals surface area contributed by atoms with E-state index in [-0.39, 0.29) is 16.5 Å². The normalized spacial score (nSPS) is 13.6. The van der Waals surface area contributed by atoms with Crippen molar-refractivity contribution in [2.24, 2.45) is 0 Å². The Balaban J connectivity index is 2.57. The first kappa shape index (κ1) is 14.1. The van der Waals surface area contributed by atoms with Crippen LogP contribution in [0.3, 0.4) is 0 Å². The van der Waals surface area contributed by atoms with Gasteiger partial charge in [0, 0.05) is 5.02 Å². The molecule has 0 aliphatic heterocycles. The van der Waals surface area contributed by atoms with E-state index in [4.69, 9.17) is 23.2 Å². The van der Waals surface area contributed by atoms with Crippen molar-refractivity contribution < 1.29 is 13.2 Å². The SMILES string of the molecule is CC(Cl)c1nnnn1-c1cc(Cl)cc(C(F)(F)F)c1. The van der Waals surface area contributed by atoms with Gasteiger partial charge in [0.25, 0.3) is 0 Å². The van der Waals surface area contributed by atoms with E-state index in [1.807, 2.05) is 0 Å². The molecule has 1 aromatic heterocycles. The summed E-state index contributed by atoms with van der Waals surface area (Å²) in [7, 11) is 0. The highest BCUT2D eigenvalue weighted by molar-refractivity contribution is 6.30. The van der Waals surface area contributed by atoms with Crippen LogP contribution in [-0.4, -0.2) is 20.2 Å². The smallest absolute Gasteiger partial charge is 0.196 e. The zero-order valence-corrected chi connectivity index (χ0v) is 11.0. The second-order valence-corrected chi connectivity index (χ2v) is 4.85. The van der Waals surface area contributed by atoms with Gasteiger partial charge in [0.15, 0.2) is 5.82 Å². The Labute approximate surface area is 116 Å². The molecular formula is C10H7Cl2F3N4. The number of rotatable bonds is 2. The van der Waals surface area contributed by atoms with Crippen LogP contribution in [0.5, 0.6) is 0 Å². The van der Waals surface area contributed by atoms with E-state index in [1.54, 1.807) is 6.92 Å². The molecule has 1 heterocycles. The minimum Gasteiger partial charge on any atom is -0.196 e. The van der Waals surface area contributed by atoms with Crippen molar-refractivity contribution in [3.05, 3.63) is 34.6 Å². The highest BCUT2D eigenvalue weighted by Gasteiger charge is 2.31. The van der Waals surface area contributed by atoms with Crippen molar-refractivity contribution in [3.8, 4) is 5.69 Å². The minimum absolute atomic E-state index is 0.0616. The third kappa shape index (κ3) is 2.98. The summed E-state index contributed by atoms with van der Waals surface area (Å²) in [5.74, 6) is 0.233. The first-order valence-corrected chi connectivity index (χ1v) is 5.91. The first-order chi connectivity index (χ1) is 8.79. The van der Waals surface area contributed by atoms with E-state index in [9.17, 15) is 13.2 Å². The highest BCUT2D eigenvalue weighted by Crippen LogP contribution is 2.33. The van der Waals surface area contributed by atoms with Gasteiger partial charge in [-0.25, -0.2) is 0 Å². The van der Waals surface area contributed by atoms with Crippen LogP contribution in [0, 0.1) is 0 Å². The number of hydrogen-bond acceptors (Lipinski definition) is 3. The van der Waals surface area contributed by atoms with Crippen LogP contribution in [0.4, 0.5) is 13.2 Å². The lowest BCUT2D eigenvalue weighted by Gasteiger charge is -2.11. The summed E-state index contributed by atoms with van der Waals surface area (Å²) in [6.45, 7) is 1.61. The van der Waals surface area contributed by atoms with Gasteiger partial charge < -0.3 is 0 Å². The zero-order chi connectivity index (χ0) is 14.2. The molecule has 0 saturated carbocycles. The topological polar surface area (TPSA) is 43.6 Å². The van der Waals surface area contributed by atoms with Crippen molar-refractivity contribution in [2.45, 2.75) is 18.5 Å². The van der Waals surface area contributed by atoms with Gasteiger partial charge in [-0.15, -0.1) is 16.7 Å². The predicted molar refractivity (Wildman–Crippen MR) is 63.4 cm³/mol. The molecule has 0 amide bonds. The van der Waals surface area contributed by atoms with Crippen molar-refractivity contribution in [3.63, 3.8) is 0 Å². The number of hydrogen-bond donors (Lipinski definition) is 0. The lowest BCUT2D eigenvalue weighted by Crippen LogP contribution is -2.09. The molecule has 9 heteroatoms. The summed E-state index contributed by atoms with van der Waals surface area (Å²) >= 11 is 11.5. The maximum absolute atomic E-state index is 12.7. The predicted octanol–water partition coefficient (Wildman–Crippen LogP) is 3.63. The molecule has 1 atom stereocenters. The van der Waals surface area contributed by atoms with Gasteiger partial charge in [0.2, 0.25) is 0 Å². The Morgan fingerprint density at radius 2 is 1.95 bits per heavy atom. The van der Waals surface area contributed by atoms with E-state index in [2.05, 4.69) is 15.5 Å². The van der Waals surface area contributed by atoms with Gasteiger partial charge in [-0.2, -0.15) is 17.9 Å². The molecule has 4 nitrogen and oxygen atoms in total. The third-order valence-electron chi connectivity index (χ3n) is 2.30. The summed E-state index contributed by atoms with van der Waals surface area (Å²) in [4.78, 5) is 0. The van der Waals surface area contributed by atoms with Gasteiger partial charge in [0.05, 0.1) is 16.6 Å². The zero-order valence-electron chi connectivity index (χ0n) is 9.49. The molecule has 0 saturated heterocycles. The second-order valence-electron chi connectivity index (χ2n) is 3.76. The van der Waals surface area contributed by atoms with Gasteiger partial charge in [-0.3, -0.25) is 0 Å². The van der Waals surface area contributed by atoms with Gasteiger partial charge in [-0.05, 0) is 35.5 Å². The summed E-state index contributed by atoms with van der Waals surface area (Å²) < 4.78 is 39.2. The maximum atomic E-state index is 12.7. The van der Waals surface area contributed by atoms with Crippen LogP contribution in [0.2, 0.25) is 5.02 Å². The van der Waals surface area contributed by atoms with Crippen LogP contribution < -0.4 is 0 Å². The molecule has 0 aliphatic rings. The molecular weight excluding hydrogens is 304 g/mol. The van der Waals surface area contributed by atoms with Crippen molar-refractivity contribution in [1.82, 2.24) is 20.2 Å². The molecule has 1 unspecified atom stereocenters. The largest absolute Gasteiger partial charge is 0.416 e. The Kier molecular flexibility index (Phi) is 3.69. The van der Waals surface area contributed by atoms with E-state index < -0.39 is 17.1 Å². The van der Waals surface area contributed by atoms with Crippen molar-refractivity contribution in [1.29, 1.82) is 0 Å². The number of benzene rings is 1. The number of aromatic nitrogens is 4. The van der Waals surface area contributed by atoms with E-state index in [0.29, 0.717) is 0 Å². The minimum atomic E-state index is -4.50. The molecule has 2 rings (SSSR count). The summed E-state index contributed by atoms with van der Waals surface area (Å²) in [6, 6.07) is 3.07. The monoisotopic (exact) mass is 310 g/mol. The fraction of sp³-hybridized carbons (Fsp3) is 0.300. The van der Waals surface area contributed by atoms with Gasteiger partial charge >= 0.3 is 6.18 Å². The Bertz CT molecular complexity index is 595. The Morgan fingerprint density at radius 3 is 2.53 bits per heavy atom. The molecule has 0 bridgehead atoms. The van der Waals surface area contributed by atoms with Crippen LogP contribution in [0.1, 0.15) is 23.7 Å². The second kappa shape index (κ2) is 4.97. The lowest BCUT2D eigenvalue weighted by atomic mass is 10.2. The highest BCUT2D eigenvalue weighted by atomic mass is 35.5. The van der Waals surface area contributed by atoms with Crippen LogP contribution in [0.15, 0.2) is 18.2 Å². The molecule has 0 fully saturated rings. The molecule has 0 radical (unpaired) electrons.